The molecule has 0 aliphatic heterocycles. The van der Waals surface area contributed by atoms with Crippen LogP contribution in [0, 0.1) is 17.7 Å². The average Bonchev–Trinajstić information content (AvgIpc) is 3.30. The Kier molecular flexibility index (Phi) is 3.58. The Morgan fingerprint density at radius 2 is 2.12 bits per heavy atom. The summed E-state index contributed by atoms with van der Waals surface area (Å²) in [4.78, 5) is 23.1. The Balaban J connectivity index is 1.67. The van der Waals surface area contributed by atoms with Crippen LogP contribution in [0.2, 0.25) is 0 Å². The van der Waals surface area contributed by atoms with Gasteiger partial charge in [-0.25, -0.2) is 14.4 Å². The third-order valence-electron chi connectivity index (χ3n) is 3.91. The number of hydrogen-bond donors (Lipinski definition) is 3. The Bertz CT molecular complexity index is 1040. The summed E-state index contributed by atoms with van der Waals surface area (Å²) in [6, 6.07) is 4.28. The van der Waals surface area contributed by atoms with Crippen molar-refractivity contribution in [2.75, 3.05) is 5.73 Å². The normalized spacial score (nSPS) is 13.3. The number of aromatic amines is 1. The van der Waals surface area contributed by atoms with Gasteiger partial charge in [-0.1, -0.05) is 11.8 Å². The minimum absolute atomic E-state index is 0.208. The molecule has 0 atom stereocenters. The summed E-state index contributed by atoms with van der Waals surface area (Å²) in [5, 5.41) is 3.46. The Labute approximate surface area is 142 Å². The molecule has 0 radical (unpaired) electrons. The van der Waals surface area contributed by atoms with E-state index in [2.05, 4.69) is 32.1 Å². The van der Waals surface area contributed by atoms with Crippen molar-refractivity contribution in [1.29, 1.82) is 0 Å². The third-order valence-corrected chi connectivity index (χ3v) is 3.91. The number of carbonyl (C=O) groups excluding carboxylic acids is 1. The van der Waals surface area contributed by atoms with Crippen LogP contribution in [0.15, 0.2) is 30.7 Å². The van der Waals surface area contributed by atoms with Crippen molar-refractivity contribution in [2.45, 2.75) is 18.9 Å². The molecule has 1 aliphatic rings. The van der Waals surface area contributed by atoms with Gasteiger partial charge in [0.1, 0.15) is 23.6 Å². The van der Waals surface area contributed by atoms with Crippen LogP contribution in [0.25, 0.3) is 11.0 Å². The topological polar surface area (TPSA) is 96.7 Å². The first kappa shape index (κ1) is 15.1. The van der Waals surface area contributed by atoms with Gasteiger partial charge >= 0.3 is 0 Å². The Morgan fingerprint density at radius 1 is 1.28 bits per heavy atom. The number of aromatic nitrogens is 3. The van der Waals surface area contributed by atoms with Crippen molar-refractivity contribution in [1.82, 2.24) is 20.3 Å². The van der Waals surface area contributed by atoms with Crippen LogP contribution in [-0.2, 0) is 0 Å². The second kappa shape index (κ2) is 5.91. The maximum atomic E-state index is 13.8. The molecule has 0 spiro atoms. The molecule has 7 heteroatoms. The Hall–Kier alpha value is -3.40. The lowest BCUT2D eigenvalue weighted by Crippen LogP contribution is -2.25. The van der Waals surface area contributed by atoms with Crippen LogP contribution in [0.5, 0.6) is 0 Å². The number of anilines is 1. The minimum atomic E-state index is -0.505. The van der Waals surface area contributed by atoms with Crippen LogP contribution >= 0.6 is 0 Å². The molecule has 3 aromatic rings. The fourth-order valence-corrected chi connectivity index (χ4v) is 2.51. The van der Waals surface area contributed by atoms with Crippen molar-refractivity contribution < 1.29 is 9.18 Å². The van der Waals surface area contributed by atoms with E-state index < -0.39 is 5.82 Å². The fourth-order valence-electron chi connectivity index (χ4n) is 2.51. The number of H-pyrrole nitrogens is 1. The highest BCUT2D eigenvalue weighted by Crippen LogP contribution is 2.21. The predicted molar refractivity (Wildman–Crippen MR) is 91.2 cm³/mol. The molecule has 2 heterocycles. The molecule has 124 valence electrons. The van der Waals surface area contributed by atoms with Crippen molar-refractivity contribution in [2.24, 2.45) is 0 Å². The number of nitrogens with zero attached hydrogens (tertiary/aromatic N) is 2. The molecule has 4 rings (SSSR count). The second-order valence-electron chi connectivity index (χ2n) is 5.91. The maximum absolute atomic E-state index is 13.8. The highest BCUT2D eigenvalue weighted by atomic mass is 19.1. The van der Waals surface area contributed by atoms with Gasteiger partial charge in [-0.3, -0.25) is 4.79 Å². The lowest BCUT2D eigenvalue weighted by Gasteiger charge is -2.04. The first-order valence-corrected chi connectivity index (χ1v) is 7.81. The molecule has 1 amide bonds. The zero-order valence-corrected chi connectivity index (χ0v) is 13.1. The van der Waals surface area contributed by atoms with E-state index in [9.17, 15) is 9.18 Å². The van der Waals surface area contributed by atoms with E-state index in [-0.39, 0.29) is 17.5 Å². The van der Waals surface area contributed by atoms with E-state index in [4.69, 9.17) is 5.73 Å². The quantitative estimate of drug-likeness (QED) is 0.624. The standard InChI is InChI=1S/C18H14FN5O/c19-13-6-10(5-12(7-13)18(25)24-14-3-4-14)1-2-11-8-21-17-15(11)16(20)22-9-23-17/h5-9,14H,3-4H2,(H,24,25)(H3,20,21,22,23). The molecule has 1 aliphatic carbocycles. The molecule has 1 saturated carbocycles. The lowest BCUT2D eigenvalue weighted by atomic mass is 10.1. The van der Waals surface area contributed by atoms with Crippen molar-refractivity contribution in [3.63, 3.8) is 0 Å². The number of halogens is 1. The lowest BCUT2D eigenvalue weighted by molar-refractivity contribution is 0.0950. The molecule has 6 nitrogen and oxygen atoms in total. The van der Waals surface area contributed by atoms with Gasteiger partial charge in [0, 0.05) is 23.4 Å². The van der Waals surface area contributed by atoms with E-state index in [1.807, 2.05) is 0 Å². The zero-order valence-electron chi connectivity index (χ0n) is 13.1. The molecular formula is C18H14FN5O. The van der Waals surface area contributed by atoms with Gasteiger partial charge in [0.2, 0.25) is 0 Å². The molecule has 0 unspecified atom stereocenters. The number of nitrogen functional groups attached to an aromatic ring is 1. The van der Waals surface area contributed by atoms with Crippen LogP contribution in [-0.4, -0.2) is 26.9 Å². The highest BCUT2D eigenvalue weighted by molar-refractivity contribution is 5.95. The predicted octanol–water partition coefficient (Wildman–Crippen LogP) is 1.97. The summed E-state index contributed by atoms with van der Waals surface area (Å²) in [5.74, 6) is 5.33. The number of fused-ring (bicyclic) bond motifs is 1. The largest absolute Gasteiger partial charge is 0.383 e. The van der Waals surface area contributed by atoms with Crippen LogP contribution < -0.4 is 11.1 Å². The van der Waals surface area contributed by atoms with Crippen molar-refractivity contribution in [3.8, 4) is 11.8 Å². The molecule has 0 saturated heterocycles. The maximum Gasteiger partial charge on any atom is 0.251 e. The van der Waals surface area contributed by atoms with Crippen LogP contribution in [0.1, 0.15) is 34.3 Å². The number of rotatable bonds is 2. The zero-order chi connectivity index (χ0) is 17.4. The van der Waals surface area contributed by atoms with E-state index in [1.165, 1.54) is 18.5 Å². The van der Waals surface area contributed by atoms with Gasteiger partial charge in [-0.05, 0) is 31.0 Å². The Morgan fingerprint density at radius 3 is 2.92 bits per heavy atom. The summed E-state index contributed by atoms with van der Waals surface area (Å²) in [6.45, 7) is 0. The van der Waals surface area contributed by atoms with E-state index >= 15 is 0 Å². The monoisotopic (exact) mass is 335 g/mol. The number of carbonyl (C=O) groups is 1. The highest BCUT2D eigenvalue weighted by Gasteiger charge is 2.24. The van der Waals surface area contributed by atoms with Crippen molar-refractivity contribution in [3.05, 3.63) is 53.2 Å². The molecule has 0 bridgehead atoms. The summed E-state index contributed by atoms with van der Waals surface area (Å²) >= 11 is 0. The molecular weight excluding hydrogens is 321 g/mol. The minimum Gasteiger partial charge on any atom is -0.383 e. The molecule has 1 fully saturated rings. The summed E-state index contributed by atoms with van der Waals surface area (Å²) in [7, 11) is 0. The molecule has 4 N–H and O–H groups in total. The molecule has 1 aromatic carbocycles. The number of benzene rings is 1. The molecule has 2 aromatic heterocycles. The van der Waals surface area contributed by atoms with Gasteiger partial charge in [-0.15, -0.1) is 0 Å². The number of nitrogens with two attached hydrogens (primary N) is 1. The first-order valence-electron chi connectivity index (χ1n) is 7.81. The van der Waals surface area contributed by atoms with Crippen LogP contribution in [0.3, 0.4) is 0 Å². The second-order valence-corrected chi connectivity index (χ2v) is 5.91. The van der Waals surface area contributed by atoms with E-state index in [0.29, 0.717) is 28.0 Å². The van der Waals surface area contributed by atoms with Gasteiger partial charge in [-0.2, -0.15) is 0 Å². The number of hydrogen-bond acceptors (Lipinski definition) is 4. The number of nitrogens with one attached hydrogen (secondary N) is 2. The SMILES string of the molecule is Nc1ncnc2[nH]cc(C#Cc3cc(F)cc(C(=O)NC4CC4)c3)c12. The summed E-state index contributed by atoms with van der Waals surface area (Å²) in [6.07, 6.45) is 4.97. The van der Waals surface area contributed by atoms with Gasteiger partial charge in [0.25, 0.3) is 5.91 Å². The molecule has 25 heavy (non-hydrogen) atoms. The first-order chi connectivity index (χ1) is 12.1. The van der Waals surface area contributed by atoms with Gasteiger partial charge in [0.15, 0.2) is 0 Å². The number of amides is 1. The van der Waals surface area contributed by atoms with E-state index in [0.717, 1.165) is 12.8 Å². The van der Waals surface area contributed by atoms with Crippen molar-refractivity contribution >= 4 is 22.8 Å². The summed E-state index contributed by atoms with van der Waals surface area (Å²) < 4.78 is 13.8. The van der Waals surface area contributed by atoms with Gasteiger partial charge in [0.05, 0.1) is 10.9 Å². The third kappa shape index (κ3) is 3.15. The average molecular weight is 335 g/mol. The van der Waals surface area contributed by atoms with E-state index in [1.54, 1.807) is 12.3 Å². The smallest absolute Gasteiger partial charge is 0.251 e. The van der Waals surface area contributed by atoms with Gasteiger partial charge < -0.3 is 16.0 Å². The fraction of sp³-hybridized carbons (Fsp3) is 0.167. The van der Waals surface area contributed by atoms with Crippen LogP contribution in [0.4, 0.5) is 10.2 Å². The summed E-state index contributed by atoms with van der Waals surface area (Å²) in [5.41, 5.74) is 7.73.